The van der Waals surface area contributed by atoms with Crippen molar-refractivity contribution in [1.29, 1.82) is 0 Å². The number of morpholine rings is 1. The number of rotatable bonds is 3. The molecular formula is C51H43NO2. The lowest BCUT2D eigenvalue weighted by Crippen LogP contribution is -2.37. The van der Waals surface area contributed by atoms with Crippen LogP contribution in [0.25, 0.3) is 49.9 Å². The molecule has 0 saturated carbocycles. The molecule has 1 unspecified atom stereocenters. The minimum absolute atomic E-state index is 0.175. The summed E-state index contributed by atoms with van der Waals surface area (Å²) in [6.07, 6.45) is 4.73. The van der Waals surface area contributed by atoms with Gasteiger partial charge in [0.15, 0.2) is 5.60 Å². The van der Waals surface area contributed by atoms with Crippen LogP contribution >= 0.6 is 0 Å². The van der Waals surface area contributed by atoms with Gasteiger partial charge in [0.1, 0.15) is 5.75 Å². The summed E-state index contributed by atoms with van der Waals surface area (Å²) < 4.78 is 13.4. The lowest BCUT2D eigenvalue weighted by Gasteiger charge is -2.39. The zero-order chi connectivity index (χ0) is 36.4. The maximum Gasteiger partial charge on any atom is 0.178 e. The van der Waals surface area contributed by atoms with Crippen molar-refractivity contribution in [1.82, 2.24) is 0 Å². The quantitative estimate of drug-likeness (QED) is 0.183. The van der Waals surface area contributed by atoms with Gasteiger partial charge in [0, 0.05) is 51.7 Å². The summed E-state index contributed by atoms with van der Waals surface area (Å²) in [6, 6.07) is 47.6. The van der Waals surface area contributed by atoms with Gasteiger partial charge in [-0.15, -0.1) is 0 Å². The molecule has 3 heteroatoms. The van der Waals surface area contributed by atoms with Gasteiger partial charge in [0.25, 0.3) is 0 Å². The number of ether oxygens (including phenoxy) is 2. The van der Waals surface area contributed by atoms with E-state index in [0.29, 0.717) is 0 Å². The summed E-state index contributed by atoms with van der Waals surface area (Å²) in [7, 11) is 0. The Labute approximate surface area is 317 Å². The first-order valence-electron chi connectivity index (χ1n) is 19.4. The van der Waals surface area contributed by atoms with Gasteiger partial charge in [-0.05, 0) is 97.1 Å². The van der Waals surface area contributed by atoms with Gasteiger partial charge in [0.05, 0.1) is 13.2 Å². The van der Waals surface area contributed by atoms with Crippen molar-refractivity contribution in [2.45, 2.75) is 44.1 Å². The van der Waals surface area contributed by atoms with Crippen LogP contribution in [0.3, 0.4) is 0 Å². The molecule has 0 bridgehead atoms. The predicted octanol–water partition coefficient (Wildman–Crippen LogP) is 11.8. The first kappa shape index (κ1) is 31.8. The highest BCUT2D eigenvalue weighted by Crippen LogP contribution is 2.59. The monoisotopic (exact) mass is 701 g/mol. The summed E-state index contributed by atoms with van der Waals surface area (Å²) in [4.78, 5) is 2.42. The molecule has 0 spiro atoms. The Morgan fingerprint density at radius 1 is 0.556 bits per heavy atom. The van der Waals surface area contributed by atoms with Gasteiger partial charge in [-0.1, -0.05) is 131 Å². The Morgan fingerprint density at radius 3 is 2.02 bits per heavy atom. The molecule has 7 aromatic carbocycles. The molecule has 1 atom stereocenters. The van der Waals surface area contributed by atoms with Crippen LogP contribution in [-0.2, 0) is 21.2 Å². The summed E-state index contributed by atoms with van der Waals surface area (Å²) in [5.74, 6) is 0.958. The third kappa shape index (κ3) is 4.28. The Morgan fingerprint density at radius 2 is 1.22 bits per heavy atom. The molecule has 0 aromatic heterocycles. The largest absolute Gasteiger partial charge is 0.472 e. The Hall–Kier alpha value is -5.64. The van der Waals surface area contributed by atoms with E-state index in [9.17, 15) is 0 Å². The van der Waals surface area contributed by atoms with Crippen LogP contribution in [0.1, 0.15) is 66.6 Å². The number of fused-ring (bicyclic) bond motifs is 12. The molecule has 3 nitrogen and oxygen atoms in total. The minimum Gasteiger partial charge on any atom is -0.472 e. The second kappa shape index (κ2) is 11.2. The summed E-state index contributed by atoms with van der Waals surface area (Å²) in [5.41, 5.74) is 14.2. The van der Waals surface area contributed by atoms with Crippen LogP contribution in [0.2, 0.25) is 0 Å². The van der Waals surface area contributed by atoms with Gasteiger partial charge in [0.2, 0.25) is 0 Å². The van der Waals surface area contributed by atoms with Gasteiger partial charge >= 0.3 is 0 Å². The standard InChI is InChI=1S/C51H43NO2/c1-49(2)44-30-33-12-6-5-11-32(33)29-42(44)37-22-19-35(31-45(37)49)51(34-17-20-36(21-18-34)52-25-27-53-28-26-52)24-23-41-47-46(38-13-7-8-14-39(38)48(41)54-51)40-15-9-10-16-43(40)50(47,3)4/h5-24,29-31H,25-28H2,1-4H3. The summed E-state index contributed by atoms with van der Waals surface area (Å²) in [6.45, 7) is 12.8. The summed E-state index contributed by atoms with van der Waals surface area (Å²) >= 11 is 0. The molecule has 54 heavy (non-hydrogen) atoms. The van der Waals surface area contributed by atoms with E-state index in [0.717, 1.165) is 48.6 Å². The molecule has 0 N–H and O–H groups in total. The maximum absolute atomic E-state index is 7.76. The molecule has 2 aliphatic heterocycles. The van der Waals surface area contributed by atoms with Crippen LogP contribution in [0.15, 0.2) is 133 Å². The molecule has 4 aliphatic rings. The topological polar surface area (TPSA) is 21.7 Å². The molecule has 2 heterocycles. The van der Waals surface area contributed by atoms with Crippen molar-refractivity contribution >= 4 is 33.3 Å². The van der Waals surface area contributed by atoms with Crippen molar-refractivity contribution in [2.24, 2.45) is 0 Å². The lowest BCUT2D eigenvalue weighted by atomic mass is 9.75. The van der Waals surface area contributed by atoms with Crippen molar-refractivity contribution in [2.75, 3.05) is 31.2 Å². The van der Waals surface area contributed by atoms with Gasteiger partial charge < -0.3 is 14.4 Å². The van der Waals surface area contributed by atoms with Crippen LogP contribution < -0.4 is 9.64 Å². The fraction of sp³-hybridized carbons (Fsp3) is 0.216. The van der Waals surface area contributed by atoms with E-state index in [1.54, 1.807) is 0 Å². The second-order valence-corrected chi connectivity index (χ2v) is 16.7. The van der Waals surface area contributed by atoms with Crippen molar-refractivity contribution in [3.05, 3.63) is 172 Å². The fourth-order valence-electron chi connectivity index (χ4n) is 10.3. The number of hydrogen-bond donors (Lipinski definition) is 0. The Bertz CT molecular complexity index is 2730. The third-order valence-corrected chi connectivity index (χ3v) is 13.1. The average Bonchev–Trinajstić information content (AvgIpc) is 3.59. The highest BCUT2D eigenvalue weighted by Gasteiger charge is 2.45. The van der Waals surface area contributed by atoms with E-state index in [1.807, 2.05) is 0 Å². The first-order chi connectivity index (χ1) is 26.3. The molecule has 11 rings (SSSR count). The number of hydrogen-bond acceptors (Lipinski definition) is 3. The van der Waals surface area contributed by atoms with Crippen LogP contribution in [-0.4, -0.2) is 26.3 Å². The smallest absolute Gasteiger partial charge is 0.178 e. The van der Waals surface area contributed by atoms with Crippen LogP contribution in [0.5, 0.6) is 5.75 Å². The van der Waals surface area contributed by atoms with Gasteiger partial charge in [-0.25, -0.2) is 0 Å². The fourth-order valence-corrected chi connectivity index (χ4v) is 10.3. The Balaban J connectivity index is 1.13. The van der Waals surface area contributed by atoms with Gasteiger partial charge in [-0.3, -0.25) is 0 Å². The van der Waals surface area contributed by atoms with Crippen LogP contribution in [0, 0.1) is 0 Å². The zero-order valence-corrected chi connectivity index (χ0v) is 31.4. The number of anilines is 1. The van der Waals surface area contributed by atoms with E-state index in [1.165, 1.54) is 71.9 Å². The SMILES string of the molecule is CC1(C)c2cc(C3(c4ccc(N5CCOCC5)cc4)C=Cc4c5c(c6ccccc6c4O3)-c3ccccc3C5(C)C)ccc2-c2cc3ccccc3cc21. The molecule has 1 saturated heterocycles. The maximum atomic E-state index is 7.76. The lowest BCUT2D eigenvalue weighted by molar-refractivity contribution is 0.122. The minimum atomic E-state index is -0.853. The summed E-state index contributed by atoms with van der Waals surface area (Å²) in [5, 5.41) is 4.96. The molecule has 0 radical (unpaired) electrons. The van der Waals surface area contributed by atoms with Crippen LogP contribution in [0.4, 0.5) is 5.69 Å². The third-order valence-electron chi connectivity index (χ3n) is 13.1. The predicted molar refractivity (Wildman–Crippen MR) is 223 cm³/mol. The molecule has 1 fully saturated rings. The zero-order valence-electron chi connectivity index (χ0n) is 31.4. The van der Waals surface area contributed by atoms with Crippen molar-refractivity contribution < 1.29 is 9.47 Å². The first-order valence-corrected chi connectivity index (χ1v) is 19.4. The molecular weight excluding hydrogens is 659 g/mol. The van der Waals surface area contributed by atoms with E-state index >= 15 is 0 Å². The van der Waals surface area contributed by atoms with E-state index in [-0.39, 0.29) is 10.8 Å². The molecule has 2 aliphatic carbocycles. The molecule has 0 amide bonds. The van der Waals surface area contributed by atoms with Crippen molar-refractivity contribution in [3.63, 3.8) is 0 Å². The number of benzene rings is 7. The molecule has 264 valence electrons. The second-order valence-electron chi connectivity index (χ2n) is 16.7. The van der Waals surface area contributed by atoms with Crippen molar-refractivity contribution in [3.8, 4) is 28.0 Å². The highest BCUT2D eigenvalue weighted by molar-refractivity contribution is 6.08. The van der Waals surface area contributed by atoms with Gasteiger partial charge in [-0.2, -0.15) is 0 Å². The molecule has 7 aromatic rings. The van der Waals surface area contributed by atoms with E-state index in [4.69, 9.17) is 9.47 Å². The highest BCUT2D eigenvalue weighted by atomic mass is 16.5. The number of nitrogens with zero attached hydrogens (tertiary/aromatic N) is 1. The Kier molecular flexibility index (Phi) is 6.60. The van der Waals surface area contributed by atoms with E-state index in [2.05, 4.69) is 172 Å². The normalized spacial score (nSPS) is 19.9. The average molecular weight is 702 g/mol. The van der Waals surface area contributed by atoms with E-state index < -0.39 is 5.60 Å².